The van der Waals surface area contributed by atoms with Crippen LogP contribution in [0.3, 0.4) is 0 Å². The summed E-state index contributed by atoms with van der Waals surface area (Å²) in [5, 5.41) is 10.0. The molecule has 2 amide bonds. The number of aromatic hydroxyl groups is 1. The molecule has 1 fully saturated rings. The van der Waals surface area contributed by atoms with E-state index in [1.807, 2.05) is 0 Å². The molecule has 24 heavy (non-hydrogen) atoms. The summed E-state index contributed by atoms with van der Waals surface area (Å²) in [5.74, 6) is -0.296. The normalized spacial score (nSPS) is 16.2. The van der Waals surface area contributed by atoms with E-state index in [1.165, 1.54) is 12.1 Å². The number of phenolic OH excluding ortho intramolecular Hbond substituents is 1. The van der Waals surface area contributed by atoms with Gasteiger partial charge in [-0.15, -0.1) is 0 Å². The van der Waals surface area contributed by atoms with Crippen LogP contribution in [0.25, 0.3) is 6.08 Å². The smallest absolute Gasteiger partial charge is 0.293 e. The van der Waals surface area contributed by atoms with E-state index < -0.39 is 0 Å². The van der Waals surface area contributed by atoms with Crippen molar-refractivity contribution in [2.24, 2.45) is 0 Å². The average Bonchev–Trinajstić information content (AvgIpc) is 2.77. The number of rotatable bonds is 3. The second-order valence-corrected chi connectivity index (χ2v) is 6.94. The van der Waals surface area contributed by atoms with Gasteiger partial charge < -0.3 is 5.11 Å². The highest BCUT2D eigenvalue weighted by Crippen LogP contribution is 2.34. The maximum Gasteiger partial charge on any atom is 0.293 e. The van der Waals surface area contributed by atoms with Crippen molar-refractivity contribution in [3.8, 4) is 5.75 Å². The Morgan fingerprint density at radius 1 is 1.12 bits per heavy atom. The third-order valence-electron chi connectivity index (χ3n) is 3.39. The second-order valence-electron chi connectivity index (χ2n) is 5.10. The zero-order chi connectivity index (χ0) is 17.3. The topological polar surface area (TPSA) is 57.6 Å². The summed E-state index contributed by atoms with van der Waals surface area (Å²) in [6.45, 7) is 0.0814. The number of hydrogen-bond donors (Lipinski definition) is 1. The second kappa shape index (κ2) is 6.89. The molecule has 1 saturated heterocycles. The summed E-state index contributed by atoms with van der Waals surface area (Å²) in [6.07, 6.45) is 1.58. The molecule has 7 heteroatoms. The van der Waals surface area contributed by atoms with Crippen LogP contribution in [-0.4, -0.2) is 21.2 Å². The predicted molar refractivity (Wildman–Crippen MR) is 96.1 cm³/mol. The molecule has 0 radical (unpaired) electrons. The zero-order valence-corrected chi connectivity index (χ0v) is 14.5. The molecule has 2 aromatic rings. The first kappa shape index (κ1) is 16.9. The van der Waals surface area contributed by atoms with Crippen LogP contribution in [0.5, 0.6) is 5.75 Å². The molecule has 1 N–H and O–H groups in total. The van der Waals surface area contributed by atoms with E-state index in [0.717, 1.165) is 16.7 Å². The van der Waals surface area contributed by atoms with Crippen molar-refractivity contribution in [1.29, 1.82) is 0 Å². The lowest BCUT2D eigenvalue weighted by Gasteiger charge is -2.13. The number of halogens is 2. The molecule has 4 nitrogen and oxygen atoms in total. The summed E-state index contributed by atoms with van der Waals surface area (Å²) in [6, 6.07) is 11.4. The van der Waals surface area contributed by atoms with Crippen LogP contribution in [-0.2, 0) is 11.3 Å². The fraction of sp³-hybridized carbons (Fsp3) is 0.0588. The van der Waals surface area contributed by atoms with Gasteiger partial charge in [-0.2, -0.15) is 0 Å². The molecule has 0 aliphatic carbocycles. The SMILES string of the molecule is O=C1S/C(=C\c2cccc(O)c2)C(=O)N1Cc1ccc(Cl)cc1Cl. The Morgan fingerprint density at radius 2 is 1.92 bits per heavy atom. The van der Waals surface area contributed by atoms with E-state index >= 15 is 0 Å². The van der Waals surface area contributed by atoms with Gasteiger partial charge in [-0.1, -0.05) is 41.4 Å². The highest BCUT2D eigenvalue weighted by molar-refractivity contribution is 8.18. The molecule has 0 bridgehead atoms. The van der Waals surface area contributed by atoms with Crippen molar-refractivity contribution in [2.75, 3.05) is 0 Å². The molecule has 3 rings (SSSR count). The molecule has 1 aliphatic rings. The summed E-state index contributed by atoms with van der Waals surface area (Å²) in [4.78, 5) is 26.1. The van der Waals surface area contributed by atoms with Gasteiger partial charge in [0.15, 0.2) is 0 Å². The number of carbonyl (C=O) groups excluding carboxylic acids is 2. The first-order chi connectivity index (χ1) is 11.4. The zero-order valence-electron chi connectivity index (χ0n) is 12.2. The van der Waals surface area contributed by atoms with Gasteiger partial charge in [0, 0.05) is 10.0 Å². The standard InChI is InChI=1S/C17H11Cl2NO3S/c18-12-5-4-11(14(19)8-12)9-20-16(22)15(24-17(20)23)7-10-2-1-3-13(21)6-10/h1-8,21H,9H2/b15-7-. The predicted octanol–water partition coefficient (Wildman–Crippen LogP) is 4.94. The molecule has 0 aromatic heterocycles. The third kappa shape index (κ3) is 3.59. The molecule has 0 unspecified atom stereocenters. The Hall–Kier alpha value is -1.95. The average molecular weight is 380 g/mol. The molecule has 0 atom stereocenters. The van der Waals surface area contributed by atoms with Crippen molar-refractivity contribution < 1.29 is 14.7 Å². The number of nitrogens with zero attached hydrogens (tertiary/aromatic N) is 1. The number of benzene rings is 2. The molecule has 0 spiro atoms. The highest BCUT2D eigenvalue weighted by atomic mass is 35.5. The van der Waals surface area contributed by atoms with Gasteiger partial charge in [0.1, 0.15) is 5.75 Å². The van der Waals surface area contributed by atoms with E-state index in [4.69, 9.17) is 23.2 Å². The van der Waals surface area contributed by atoms with Crippen molar-refractivity contribution in [2.45, 2.75) is 6.54 Å². The first-order valence-electron chi connectivity index (χ1n) is 6.92. The Balaban J connectivity index is 1.84. The lowest BCUT2D eigenvalue weighted by atomic mass is 10.2. The van der Waals surface area contributed by atoms with Gasteiger partial charge in [0.2, 0.25) is 0 Å². The number of imide groups is 1. The first-order valence-corrected chi connectivity index (χ1v) is 8.49. The van der Waals surface area contributed by atoms with Crippen LogP contribution in [0.15, 0.2) is 47.4 Å². The fourth-order valence-corrected chi connectivity index (χ4v) is 3.53. The lowest BCUT2D eigenvalue weighted by Crippen LogP contribution is -2.27. The Labute approximate surface area is 152 Å². The van der Waals surface area contributed by atoms with Gasteiger partial charge in [-0.05, 0) is 53.2 Å². The van der Waals surface area contributed by atoms with Gasteiger partial charge in [0.05, 0.1) is 11.4 Å². The van der Waals surface area contributed by atoms with Crippen LogP contribution < -0.4 is 0 Å². The molecule has 1 heterocycles. The minimum absolute atomic E-state index is 0.0814. The Morgan fingerprint density at radius 3 is 2.62 bits per heavy atom. The Bertz CT molecular complexity index is 867. The molecule has 0 saturated carbocycles. The van der Waals surface area contributed by atoms with Crippen molar-refractivity contribution in [3.63, 3.8) is 0 Å². The molecule has 1 aliphatic heterocycles. The van der Waals surface area contributed by atoms with Gasteiger partial charge in [0.25, 0.3) is 11.1 Å². The van der Waals surface area contributed by atoms with E-state index in [1.54, 1.807) is 36.4 Å². The van der Waals surface area contributed by atoms with Crippen LogP contribution in [0, 0.1) is 0 Å². The lowest BCUT2D eigenvalue weighted by molar-refractivity contribution is -0.123. The van der Waals surface area contributed by atoms with Crippen LogP contribution in [0.1, 0.15) is 11.1 Å². The number of phenols is 1. The van der Waals surface area contributed by atoms with Gasteiger partial charge in [-0.3, -0.25) is 14.5 Å². The molecule has 2 aromatic carbocycles. The van der Waals surface area contributed by atoms with E-state index in [-0.39, 0.29) is 23.4 Å². The van der Waals surface area contributed by atoms with Gasteiger partial charge >= 0.3 is 0 Å². The Kier molecular flexibility index (Phi) is 4.85. The largest absolute Gasteiger partial charge is 0.508 e. The monoisotopic (exact) mass is 379 g/mol. The van der Waals surface area contributed by atoms with E-state index in [2.05, 4.69) is 0 Å². The number of amides is 2. The van der Waals surface area contributed by atoms with Crippen molar-refractivity contribution >= 4 is 52.2 Å². The molecular weight excluding hydrogens is 369 g/mol. The summed E-state index contributed by atoms with van der Waals surface area (Å²) in [7, 11) is 0. The highest BCUT2D eigenvalue weighted by Gasteiger charge is 2.35. The fourth-order valence-electron chi connectivity index (χ4n) is 2.22. The minimum Gasteiger partial charge on any atom is -0.508 e. The maximum absolute atomic E-state index is 12.5. The van der Waals surface area contributed by atoms with Crippen molar-refractivity contribution in [3.05, 3.63) is 68.5 Å². The van der Waals surface area contributed by atoms with Crippen LogP contribution >= 0.6 is 35.0 Å². The summed E-state index contributed by atoms with van der Waals surface area (Å²) >= 11 is 12.8. The minimum atomic E-state index is -0.389. The number of thioether (sulfide) groups is 1. The van der Waals surface area contributed by atoms with E-state index in [0.29, 0.717) is 26.1 Å². The van der Waals surface area contributed by atoms with Crippen molar-refractivity contribution in [1.82, 2.24) is 4.90 Å². The molecule has 122 valence electrons. The summed E-state index contributed by atoms with van der Waals surface area (Å²) in [5.41, 5.74) is 1.28. The number of hydrogen-bond acceptors (Lipinski definition) is 4. The summed E-state index contributed by atoms with van der Waals surface area (Å²) < 4.78 is 0. The van der Waals surface area contributed by atoms with Crippen LogP contribution in [0.4, 0.5) is 4.79 Å². The van der Waals surface area contributed by atoms with Gasteiger partial charge in [-0.25, -0.2) is 0 Å². The number of carbonyl (C=O) groups is 2. The van der Waals surface area contributed by atoms with Crippen LogP contribution in [0.2, 0.25) is 10.0 Å². The van der Waals surface area contributed by atoms with E-state index in [9.17, 15) is 14.7 Å². The molecular formula is C17H11Cl2NO3S. The third-order valence-corrected chi connectivity index (χ3v) is 4.88. The quantitative estimate of drug-likeness (QED) is 0.767. The maximum atomic E-state index is 12.5.